The Morgan fingerprint density at radius 1 is 1.29 bits per heavy atom. The lowest BCUT2D eigenvalue weighted by molar-refractivity contribution is 0.403. The lowest BCUT2D eigenvalue weighted by atomic mass is 10.2. The highest BCUT2D eigenvalue weighted by Crippen LogP contribution is 2.36. The van der Waals surface area contributed by atoms with Gasteiger partial charge in [0.2, 0.25) is 5.88 Å². The molecule has 14 heavy (non-hydrogen) atoms. The maximum atomic E-state index is 5.62. The van der Waals surface area contributed by atoms with Gasteiger partial charge in [0.1, 0.15) is 4.88 Å². The van der Waals surface area contributed by atoms with Crippen LogP contribution in [0, 0.1) is 0 Å². The smallest absolute Gasteiger partial charge is 0.234 e. The Morgan fingerprint density at radius 3 is 2.64 bits per heavy atom. The van der Waals surface area contributed by atoms with Crippen LogP contribution in [0.4, 0.5) is 5.13 Å². The van der Waals surface area contributed by atoms with Gasteiger partial charge in [-0.3, -0.25) is 0 Å². The van der Waals surface area contributed by atoms with Crippen molar-refractivity contribution in [3.63, 3.8) is 0 Å². The number of thiazole rings is 1. The molecular formula is C10H10N2OS. The van der Waals surface area contributed by atoms with Gasteiger partial charge in [0, 0.05) is 0 Å². The summed E-state index contributed by atoms with van der Waals surface area (Å²) in [6.07, 6.45) is 0. The maximum absolute atomic E-state index is 5.62. The van der Waals surface area contributed by atoms with Crippen molar-refractivity contribution in [2.75, 3.05) is 12.8 Å². The lowest BCUT2D eigenvalue weighted by Crippen LogP contribution is -1.86. The van der Waals surface area contributed by atoms with Crippen molar-refractivity contribution in [2.45, 2.75) is 0 Å². The fourth-order valence-corrected chi connectivity index (χ4v) is 2.04. The highest BCUT2D eigenvalue weighted by atomic mass is 32.1. The Labute approximate surface area is 86.2 Å². The number of nitrogen functional groups attached to an aromatic ring is 1. The van der Waals surface area contributed by atoms with Gasteiger partial charge in [-0.05, 0) is 5.56 Å². The van der Waals surface area contributed by atoms with Crippen molar-refractivity contribution in [1.29, 1.82) is 0 Å². The summed E-state index contributed by atoms with van der Waals surface area (Å²) in [5.74, 6) is 0.596. The summed E-state index contributed by atoms with van der Waals surface area (Å²) in [4.78, 5) is 5.06. The first kappa shape index (κ1) is 9.02. The summed E-state index contributed by atoms with van der Waals surface area (Å²) in [6, 6.07) is 9.95. The molecule has 0 aliphatic rings. The SMILES string of the molecule is COc1nc(N)sc1-c1ccccc1. The molecule has 1 aromatic carbocycles. The number of nitrogens with two attached hydrogens (primary N) is 1. The van der Waals surface area contributed by atoms with Crippen molar-refractivity contribution >= 4 is 16.5 Å². The molecule has 0 amide bonds. The number of aromatic nitrogens is 1. The molecule has 3 nitrogen and oxygen atoms in total. The van der Waals surface area contributed by atoms with Gasteiger partial charge in [0.25, 0.3) is 0 Å². The van der Waals surface area contributed by atoms with Gasteiger partial charge in [-0.1, -0.05) is 41.7 Å². The quantitative estimate of drug-likeness (QED) is 0.820. The number of methoxy groups -OCH3 is 1. The first-order chi connectivity index (χ1) is 6.81. The van der Waals surface area contributed by atoms with E-state index in [1.54, 1.807) is 7.11 Å². The predicted molar refractivity (Wildman–Crippen MR) is 58.5 cm³/mol. The average molecular weight is 206 g/mol. The predicted octanol–water partition coefficient (Wildman–Crippen LogP) is 2.40. The molecule has 0 saturated carbocycles. The molecule has 0 unspecified atom stereocenters. The molecule has 0 saturated heterocycles. The Hall–Kier alpha value is -1.55. The number of anilines is 1. The second-order valence-corrected chi connectivity index (χ2v) is 3.79. The Morgan fingerprint density at radius 2 is 2.00 bits per heavy atom. The van der Waals surface area contributed by atoms with Crippen LogP contribution in [-0.4, -0.2) is 12.1 Å². The van der Waals surface area contributed by atoms with E-state index < -0.39 is 0 Å². The average Bonchev–Trinajstić information content (AvgIpc) is 2.61. The van der Waals surface area contributed by atoms with E-state index in [1.807, 2.05) is 30.3 Å². The molecule has 2 aromatic rings. The molecule has 0 aliphatic carbocycles. The molecule has 0 spiro atoms. The topological polar surface area (TPSA) is 48.1 Å². The molecule has 2 N–H and O–H groups in total. The van der Waals surface area contributed by atoms with E-state index in [9.17, 15) is 0 Å². The number of hydrogen-bond acceptors (Lipinski definition) is 4. The number of nitrogens with zero attached hydrogens (tertiary/aromatic N) is 1. The zero-order chi connectivity index (χ0) is 9.97. The van der Waals surface area contributed by atoms with Crippen molar-refractivity contribution in [3.05, 3.63) is 30.3 Å². The van der Waals surface area contributed by atoms with Crippen LogP contribution < -0.4 is 10.5 Å². The van der Waals surface area contributed by atoms with Crippen LogP contribution in [-0.2, 0) is 0 Å². The number of hydrogen-bond donors (Lipinski definition) is 1. The first-order valence-electron chi connectivity index (χ1n) is 4.17. The normalized spacial score (nSPS) is 10.1. The molecule has 1 aromatic heterocycles. The molecule has 0 radical (unpaired) electrons. The molecule has 4 heteroatoms. The van der Waals surface area contributed by atoms with E-state index in [4.69, 9.17) is 10.5 Å². The van der Waals surface area contributed by atoms with Gasteiger partial charge in [0.15, 0.2) is 5.13 Å². The van der Waals surface area contributed by atoms with Crippen LogP contribution in [0.25, 0.3) is 10.4 Å². The second-order valence-electron chi connectivity index (χ2n) is 2.76. The van der Waals surface area contributed by atoms with E-state index in [-0.39, 0.29) is 0 Å². The van der Waals surface area contributed by atoms with Crippen LogP contribution in [0.1, 0.15) is 0 Å². The van der Waals surface area contributed by atoms with Crippen LogP contribution >= 0.6 is 11.3 Å². The van der Waals surface area contributed by atoms with Gasteiger partial charge >= 0.3 is 0 Å². The fourth-order valence-electron chi connectivity index (χ4n) is 1.23. The number of ether oxygens (including phenoxy) is 1. The van der Waals surface area contributed by atoms with Crippen LogP contribution in [0.2, 0.25) is 0 Å². The van der Waals surface area contributed by atoms with Gasteiger partial charge in [0.05, 0.1) is 7.11 Å². The van der Waals surface area contributed by atoms with Crippen LogP contribution in [0.5, 0.6) is 5.88 Å². The number of rotatable bonds is 2. The van der Waals surface area contributed by atoms with Crippen molar-refractivity contribution in [1.82, 2.24) is 4.98 Å². The molecule has 0 fully saturated rings. The van der Waals surface area contributed by atoms with Crippen LogP contribution in [0.3, 0.4) is 0 Å². The molecule has 2 rings (SSSR count). The molecule has 0 atom stereocenters. The molecule has 0 aliphatic heterocycles. The van der Waals surface area contributed by atoms with E-state index in [0.29, 0.717) is 11.0 Å². The third kappa shape index (κ3) is 1.56. The molecule has 0 bridgehead atoms. The summed E-state index contributed by atoms with van der Waals surface area (Å²) in [6.45, 7) is 0. The zero-order valence-corrected chi connectivity index (χ0v) is 8.54. The summed E-state index contributed by atoms with van der Waals surface area (Å²) >= 11 is 1.43. The minimum atomic E-state index is 0.528. The maximum Gasteiger partial charge on any atom is 0.234 e. The first-order valence-corrected chi connectivity index (χ1v) is 4.98. The zero-order valence-electron chi connectivity index (χ0n) is 7.73. The van der Waals surface area contributed by atoms with Gasteiger partial charge in [-0.15, -0.1) is 0 Å². The van der Waals surface area contributed by atoms with E-state index in [1.165, 1.54) is 11.3 Å². The third-order valence-corrected chi connectivity index (χ3v) is 2.76. The van der Waals surface area contributed by atoms with Crippen molar-refractivity contribution in [2.24, 2.45) is 0 Å². The van der Waals surface area contributed by atoms with E-state index >= 15 is 0 Å². The minimum absolute atomic E-state index is 0.528. The van der Waals surface area contributed by atoms with E-state index in [0.717, 1.165) is 10.4 Å². The van der Waals surface area contributed by atoms with Gasteiger partial charge in [-0.25, -0.2) is 0 Å². The number of benzene rings is 1. The highest BCUT2D eigenvalue weighted by Gasteiger charge is 2.10. The fraction of sp³-hybridized carbons (Fsp3) is 0.100. The van der Waals surface area contributed by atoms with E-state index in [2.05, 4.69) is 4.98 Å². The van der Waals surface area contributed by atoms with Gasteiger partial charge in [-0.2, -0.15) is 4.98 Å². The Balaban J connectivity index is 2.51. The molecule has 72 valence electrons. The summed E-state index contributed by atoms with van der Waals surface area (Å²) in [7, 11) is 1.60. The largest absolute Gasteiger partial charge is 0.480 e. The van der Waals surface area contributed by atoms with Crippen molar-refractivity contribution in [3.8, 4) is 16.3 Å². The third-order valence-electron chi connectivity index (χ3n) is 1.84. The van der Waals surface area contributed by atoms with Crippen molar-refractivity contribution < 1.29 is 4.74 Å². The van der Waals surface area contributed by atoms with Gasteiger partial charge < -0.3 is 10.5 Å². The molecule has 1 heterocycles. The summed E-state index contributed by atoms with van der Waals surface area (Å²) < 4.78 is 5.14. The highest BCUT2D eigenvalue weighted by molar-refractivity contribution is 7.19. The van der Waals surface area contributed by atoms with Crippen LogP contribution in [0.15, 0.2) is 30.3 Å². The Bertz CT molecular complexity index is 425. The summed E-state index contributed by atoms with van der Waals surface area (Å²) in [5.41, 5.74) is 6.70. The summed E-state index contributed by atoms with van der Waals surface area (Å²) in [5, 5.41) is 0.528. The minimum Gasteiger partial charge on any atom is -0.480 e. The Kier molecular flexibility index (Phi) is 2.37. The second kappa shape index (κ2) is 3.67. The standard InChI is InChI=1S/C10H10N2OS/c1-13-9-8(14-10(11)12-9)7-5-3-2-4-6-7/h2-6H,1H3,(H2,11,12). The lowest BCUT2D eigenvalue weighted by Gasteiger charge is -1.99. The monoisotopic (exact) mass is 206 g/mol. The molecular weight excluding hydrogens is 196 g/mol.